The molecule has 0 aliphatic carbocycles. The molecular weight excluding hydrogens is 280 g/mol. The molecule has 1 unspecified atom stereocenters. The van der Waals surface area contributed by atoms with Crippen molar-refractivity contribution in [2.24, 2.45) is 0 Å². The van der Waals surface area contributed by atoms with E-state index in [-0.39, 0.29) is 29.1 Å². The van der Waals surface area contributed by atoms with Crippen LogP contribution < -0.4 is 5.73 Å². The average Bonchev–Trinajstić information content (AvgIpc) is 2.24. The summed E-state index contributed by atoms with van der Waals surface area (Å²) >= 11 is 6.01. The van der Waals surface area contributed by atoms with Crippen molar-refractivity contribution in [3.05, 3.63) is 33.9 Å². The van der Waals surface area contributed by atoms with Crippen molar-refractivity contribution < 1.29 is 13.3 Å². The lowest BCUT2D eigenvalue weighted by Crippen LogP contribution is -2.08. The van der Waals surface area contributed by atoms with E-state index < -0.39 is 20.1 Å². The average molecular weight is 293 g/mol. The monoisotopic (exact) mass is 292 g/mol. The summed E-state index contributed by atoms with van der Waals surface area (Å²) in [7, 11) is -3.16. The molecule has 0 saturated carbocycles. The largest absolute Gasteiger partial charge is 0.393 e. The number of nitro groups is 1. The standard InChI is InChI=1S/C10H13ClN2O4S/c1-18(16,17)6-5-8(11)7-3-2-4-9(12)10(7)13(14)15/h2-4,8H,5-6,12H2,1H3. The molecule has 1 aromatic rings. The first-order valence-electron chi connectivity index (χ1n) is 5.07. The zero-order valence-electron chi connectivity index (χ0n) is 9.67. The quantitative estimate of drug-likeness (QED) is 0.386. The molecule has 2 N–H and O–H groups in total. The molecule has 8 heteroatoms. The van der Waals surface area contributed by atoms with Gasteiger partial charge in [-0.25, -0.2) is 8.42 Å². The summed E-state index contributed by atoms with van der Waals surface area (Å²) in [6.07, 6.45) is 1.19. The number of hydrogen-bond donors (Lipinski definition) is 1. The predicted molar refractivity (Wildman–Crippen MR) is 70.4 cm³/mol. The van der Waals surface area contributed by atoms with Gasteiger partial charge >= 0.3 is 0 Å². The molecule has 6 nitrogen and oxygen atoms in total. The molecule has 18 heavy (non-hydrogen) atoms. The Bertz CT molecular complexity index is 559. The van der Waals surface area contributed by atoms with Crippen LogP contribution in [-0.2, 0) is 9.84 Å². The molecule has 0 saturated heterocycles. The highest BCUT2D eigenvalue weighted by Gasteiger charge is 2.23. The summed E-state index contributed by atoms with van der Waals surface area (Å²) < 4.78 is 22.1. The Hall–Kier alpha value is -1.34. The molecule has 1 aromatic carbocycles. The number of sulfone groups is 1. The topological polar surface area (TPSA) is 103 Å². The van der Waals surface area contributed by atoms with Crippen molar-refractivity contribution in [3.8, 4) is 0 Å². The van der Waals surface area contributed by atoms with Gasteiger partial charge in [-0.15, -0.1) is 11.6 Å². The van der Waals surface area contributed by atoms with Crippen LogP contribution >= 0.6 is 11.6 Å². The highest BCUT2D eigenvalue weighted by atomic mass is 35.5. The third-order valence-corrected chi connectivity index (χ3v) is 3.79. The van der Waals surface area contributed by atoms with E-state index >= 15 is 0 Å². The maximum absolute atomic E-state index is 11.0. The Kier molecular flexibility index (Phi) is 4.53. The summed E-state index contributed by atoms with van der Waals surface area (Å²) in [5, 5.41) is 10.1. The Morgan fingerprint density at radius 3 is 2.61 bits per heavy atom. The van der Waals surface area contributed by atoms with E-state index in [0.717, 1.165) is 6.26 Å². The van der Waals surface area contributed by atoms with Crippen molar-refractivity contribution in [2.75, 3.05) is 17.7 Å². The first-order valence-corrected chi connectivity index (χ1v) is 7.56. The molecule has 0 amide bonds. The Morgan fingerprint density at radius 2 is 2.11 bits per heavy atom. The normalized spacial score (nSPS) is 13.2. The zero-order valence-corrected chi connectivity index (χ0v) is 11.2. The number of nitrogen functional groups attached to an aromatic ring is 1. The van der Waals surface area contributed by atoms with E-state index in [1.165, 1.54) is 12.1 Å². The van der Waals surface area contributed by atoms with E-state index in [1.54, 1.807) is 6.07 Å². The van der Waals surface area contributed by atoms with Crippen molar-refractivity contribution in [3.63, 3.8) is 0 Å². The molecule has 0 radical (unpaired) electrons. The van der Waals surface area contributed by atoms with Crippen LogP contribution in [-0.4, -0.2) is 25.3 Å². The summed E-state index contributed by atoms with van der Waals surface area (Å²) in [5.41, 5.74) is 5.52. The lowest BCUT2D eigenvalue weighted by atomic mass is 10.1. The van der Waals surface area contributed by atoms with Crippen LogP contribution in [0.15, 0.2) is 18.2 Å². The van der Waals surface area contributed by atoms with Gasteiger partial charge in [-0.3, -0.25) is 10.1 Å². The summed E-state index contributed by atoms with van der Waals surface area (Å²) in [6.45, 7) is 0. The molecule has 0 aliphatic heterocycles. The third kappa shape index (κ3) is 3.85. The second kappa shape index (κ2) is 5.53. The summed E-state index contributed by atoms with van der Waals surface area (Å²) in [5.74, 6) is -0.132. The smallest absolute Gasteiger partial charge is 0.296 e. The Labute approximate surface area is 110 Å². The molecular formula is C10H13ClN2O4S. The van der Waals surface area contributed by atoms with Gasteiger partial charge in [0.15, 0.2) is 0 Å². The van der Waals surface area contributed by atoms with Crippen molar-refractivity contribution >= 4 is 32.8 Å². The number of rotatable bonds is 5. The van der Waals surface area contributed by atoms with Crippen LogP contribution in [0.25, 0.3) is 0 Å². The first kappa shape index (κ1) is 14.7. The highest BCUT2D eigenvalue weighted by molar-refractivity contribution is 7.90. The van der Waals surface area contributed by atoms with Crippen LogP contribution in [0.3, 0.4) is 0 Å². The van der Waals surface area contributed by atoms with Crippen molar-refractivity contribution in [1.82, 2.24) is 0 Å². The first-order chi connectivity index (χ1) is 8.22. The fourth-order valence-electron chi connectivity index (χ4n) is 1.52. The minimum absolute atomic E-state index is 0.0162. The van der Waals surface area contributed by atoms with Crippen molar-refractivity contribution in [1.29, 1.82) is 0 Å². The van der Waals surface area contributed by atoms with Gasteiger partial charge in [-0.1, -0.05) is 12.1 Å². The number of halogens is 1. The maximum atomic E-state index is 11.0. The van der Waals surface area contributed by atoms with Gasteiger partial charge in [0.05, 0.1) is 16.1 Å². The second-order valence-electron chi connectivity index (χ2n) is 3.93. The molecule has 0 bridgehead atoms. The van der Waals surface area contributed by atoms with E-state index in [2.05, 4.69) is 0 Å². The number of nitrogens with zero attached hydrogens (tertiary/aromatic N) is 1. The number of anilines is 1. The molecule has 0 heterocycles. The highest BCUT2D eigenvalue weighted by Crippen LogP contribution is 2.35. The van der Waals surface area contributed by atoms with E-state index in [4.69, 9.17) is 17.3 Å². The Morgan fingerprint density at radius 1 is 1.50 bits per heavy atom. The number of alkyl halides is 1. The molecule has 1 atom stereocenters. The van der Waals surface area contributed by atoms with Crippen molar-refractivity contribution in [2.45, 2.75) is 11.8 Å². The zero-order chi connectivity index (χ0) is 13.9. The Balaban J connectivity index is 3.02. The minimum atomic E-state index is -3.16. The molecule has 0 aromatic heterocycles. The van der Waals surface area contributed by atoms with Gasteiger partial charge < -0.3 is 5.73 Å². The van der Waals surface area contributed by atoms with Crippen LogP contribution in [0.4, 0.5) is 11.4 Å². The lowest BCUT2D eigenvalue weighted by molar-refractivity contribution is -0.384. The van der Waals surface area contributed by atoms with Gasteiger partial charge in [0.1, 0.15) is 15.5 Å². The number of nitro benzene ring substituents is 1. The SMILES string of the molecule is CS(=O)(=O)CCC(Cl)c1cccc(N)c1[N+](=O)[O-]. The molecule has 100 valence electrons. The maximum Gasteiger partial charge on any atom is 0.296 e. The second-order valence-corrected chi connectivity index (χ2v) is 6.71. The minimum Gasteiger partial charge on any atom is -0.393 e. The van der Waals surface area contributed by atoms with Gasteiger partial charge in [0, 0.05) is 11.8 Å². The molecule has 0 aliphatic rings. The number of para-hydroxylation sites is 1. The van der Waals surface area contributed by atoms with Crippen LogP contribution in [0.2, 0.25) is 0 Å². The lowest BCUT2D eigenvalue weighted by Gasteiger charge is -2.10. The van der Waals surface area contributed by atoms with Gasteiger partial charge in [0.2, 0.25) is 0 Å². The molecule has 0 fully saturated rings. The number of benzene rings is 1. The van der Waals surface area contributed by atoms with Gasteiger partial charge in [-0.2, -0.15) is 0 Å². The third-order valence-electron chi connectivity index (χ3n) is 2.36. The predicted octanol–water partition coefficient (Wildman–Crippen LogP) is 1.89. The fourth-order valence-corrected chi connectivity index (χ4v) is 2.60. The number of nitrogens with two attached hydrogens (primary N) is 1. The van der Waals surface area contributed by atoms with E-state index in [9.17, 15) is 18.5 Å². The van der Waals surface area contributed by atoms with Crippen LogP contribution in [0.1, 0.15) is 17.4 Å². The number of hydrogen-bond acceptors (Lipinski definition) is 5. The van der Waals surface area contributed by atoms with Gasteiger partial charge in [0.25, 0.3) is 5.69 Å². The van der Waals surface area contributed by atoms with Gasteiger partial charge in [-0.05, 0) is 12.5 Å². The van der Waals surface area contributed by atoms with Crippen LogP contribution in [0, 0.1) is 10.1 Å². The van der Waals surface area contributed by atoms with E-state index in [1.807, 2.05) is 0 Å². The summed E-state index contributed by atoms with van der Waals surface area (Å²) in [4.78, 5) is 10.3. The van der Waals surface area contributed by atoms with E-state index in [0.29, 0.717) is 0 Å². The summed E-state index contributed by atoms with van der Waals surface area (Å²) in [6, 6.07) is 4.43. The van der Waals surface area contributed by atoms with Crippen LogP contribution in [0.5, 0.6) is 0 Å². The molecule has 1 rings (SSSR count). The molecule has 0 spiro atoms. The fraction of sp³-hybridized carbons (Fsp3) is 0.400.